The number of hydrogen-bond acceptors (Lipinski definition) is 2. The zero-order valence-corrected chi connectivity index (χ0v) is 14.6. The fourth-order valence-corrected chi connectivity index (χ4v) is 2.99. The minimum absolute atomic E-state index is 0.00286. The van der Waals surface area contributed by atoms with Gasteiger partial charge in [0.15, 0.2) is 0 Å². The number of rotatable bonds is 4. The number of nitrogens with one attached hydrogen (secondary N) is 1. The third-order valence-corrected chi connectivity index (χ3v) is 4.38. The summed E-state index contributed by atoms with van der Waals surface area (Å²) < 4.78 is 13.3. The highest BCUT2D eigenvalue weighted by atomic mass is 19.1. The summed E-state index contributed by atoms with van der Waals surface area (Å²) in [7, 11) is 0. The lowest BCUT2D eigenvalue weighted by molar-refractivity contribution is 0.0939. The highest BCUT2D eigenvalue weighted by Crippen LogP contribution is 2.18. The number of fused-ring (bicyclic) bond motifs is 1. The molecule has 1 unspecified atom stereocenters. The first kappa shape index (κ1) is 17.1. The van der Waals surface area contributed by atoms with E-state index in [0.717, 1.165) is 11.8 Å². The zero-order chi connectivity index (χ0) is 18.0. The summed E-state index contributed by atoms with van der Waals surface area (Å²) in [6, 6.07) is 14.3. The van der Waals surface area contributed by atoms with Crippen molar-refractivity contribution in [1.82, 2.24) is 10.3 Å². The molecule has 0 bridgehead atoms. The van der Waals surface area contributed by atoms with Crippen LogP contribution >= 0.6 is 0 Å². The fourth-order valence-electron chi connectivity index (χ4n) is 2.99. The molecule has 0 radical (unpaired) electrons. The minimum atomic E-state index is -0.330. The molecule has 3 rings (SSSR count). The van der Waals surface area contributed by atoms with Crippen LogP contribution in [0, 0.1) is 19.7 Å². The van der Waals surface area contributed by atoms with Gasteiger partial charge in [-0.15, -0.1) is 0 Å². The van der Waals surface area contributed by atoms with Crippen LogP contribution < -0.4 is 5.32 Å². The maximum atomic E-state index is 13.3. The van der Waals surface area contributed by atoms with Gasteiger partial charge in [-0.2, -0.15) is 0 Å². The average molecular weight is 336 g/mol. The average Bonchev–Trinajstić information content (AvgIpc) is 2.56. The number of amides is 1. The molecule has 4 heteroatoms. The molecule has 1 heterocycles. The Hall–Kier alpha value is -2.75. The van der Waals surface area contributed by atoms with E-state index >= 15 is 0 Å². The Bertz CT molecular complexity index is 936. The Labute approximate surface area is 146 Å². The van der Waals surface area contributed by atoms with Gasteiger partial charge in [0.25, 0.3) is 5.91 Å². The normalized spacial score (nSPS) is 12.2. The monoisotopic (exact) mass is 336 g/mol. The van der Waals surface area contributed by atoms with Gasteiger partial charge in [0, 0.05) is 17.5 Å². The zero-order valence-electron chi connectivity index (χ0n) is 14.6. The van der Waals surface area contributed by atoms with Crippen molar-refractivity contribution in [3.63, 3.8) is 0 Å². The summed E-state index contributed by atoms with van der Waals surface area (Å²) in [5.74, 6) is -0.485. The lowest BCUT2D eigenvalue weighted by atomic mass is 10.0. The van der Waals surface area contributed by atoms with Gasteiger partial charge in [0.05, 0.1) is 16.8 Å². The van der Waals surface area contributed by atoms with Gasteiger partial charge in [-0.05, 0) is 56.5 Å². The molecule has 3 aromatic rings. The molecule has 2 aromatic carbocycles. The van der Waals surface area contributed by atoms with Crippen molar-refractivity contribution in [1.29, 1.82) is 0 Å². The maximum absolute atomic E-state index is 13.3. The maximum Gasteiger partial charge on any atom is 0.253 e. The van der Waals surface area contributed by atoms with Crippen molar-refractivity contribution in [2.45, 2.75) is 33.2 Å². The van der Waals surface area contributed by atoms with Crippen molar-refractivity contribution in [3.8, 4) is 0 Å². The van der Waals surface area contributed by atoms with Crippen LogP contribution in [0.25, 0.3) is 10.9 Å². The minimum Gasteiger partial charge on any atom is -0.349 e. The van der Waals surface area contributed by atoms with E-state index in [1.165, 1.54) is 23.3 Å². The number of nitrogens with zero attached hydrogens (tertiary/aromatic N) is 1. The van der Waals surface area contributed by atoms with Crippen LogP contribution in [0.4, 0.5) is 4.39 Å². The first-order valence-corrected chi connectivity index (χ1v) is 8.36. The second kappa shape index (κ2) is 7.01. The van der Waals surface area contributed by atoms with E-state index in [1.807, 2.05) is 19.1 Å². The van der Waals surface area contributed by atoms with E-state index < -0.39 is 0 Å². The number of aryl methyl sites for hydroxylation is 2. The van der Waals surface area contributed by atoms with Crippen molar-refractivity contribution in [2.24, 2.45) is 0 Å². The van der Waals surface area contributed by atoms with E-state index in [-0.39, 0.29) is 17.8 Å². The lowest BCUT2D eigenvalue weighted by Gasteiger charge is -2.16. The Morgan fingerprint density at radius 1 is 1.16 bits per heavy atom. The summed E-state index contributed by atoms with van der Waals surface area (Å²) in [5, 5.41) is 3.79. The third kappa shape index (κ3) is 3.85. The number of hydrogen-bond donors (Lipinski definition) is 1. The van der Waals surface area contributed by atoms with E-state index in [0.29, 0.717) is 16.8 Å². The highest BCUT2D eigenvalue weighted by Gasteiger charge is 2.15. The van der Waals surface area contributed by atoms with E-state index in [9.17, 15) is 9.18 Å². The van der Waals surface area contributed by atoms with Crippen LogP contribution in [0.15, 0.2) is 48.5 Å². The summed E-state index contributed by atoms with van der Waals surface area (Å²) in [6.45, 7) is 5.83. The predicted octanol–water partition coefficient (Wildman–Crippen LogP) is 4.35. The quantitative estimate of drug-likeness (QED) is 0.769. The largest absolute Gasteiger partial charge is 0.349 e. The van der Waals surface area contributed by atoms with Gasteiger partial charge in [-0.25, -0.2) is 4.39 Å². The summed E-state index contributed by atoms with van der Waals surface area (Å²) in [4.78, 5) is 17.0. The van der Waals surface area contributed by atoms with E-state index in [4.69, 9.17) is 0 Å². The number of carbonyl (C=O) groups excluding carboxylic acids is 1. The van der Waals surface area contributed by atoms with E-state index in [2.05, 4.69) is 29.4 Å². The van der Waals surface area contributed by atoms with Crippen LogP contribution in [0.1, 0.15) is 34.1 Å². The molecule has 3 nitrogen and oxygen atoms in total. The molecule has 1 N–H and O–H groups in total. The first-order valence-electron chi connectivity index (χ1n) is 8.36. The molecular formula is C21H21FN2O. The molecule has 128 valence electrons. The predicted molar refractivity (Wildman–Crippen MR) is 98.2 cm³/mol. The van der Waals surface area contributed by atoms with Crippen LogP contribution in [-0.4, -0.2) is 16.9 Å². The van der Waals surface area contributed by atoms with Crippen molar-refractivity contribution in [2.75, 3.05) is 0 Å². The van der Waals surface area contributed by atoms with Crippen LogP contribution in [0.3, 0.4) is 0 Å². The smallest absolute Gasteiger partial charge is 0.253 e. The summed E-state index contributed by atoms with van der Waals surface area (Å²) >= 11 is 0. The molecule has 0 spiro atoms. The number of carbonyl (C=O) groups is 1. The number of benzene rings is 2. The van der Waals surface area contributed by atoms with Crippen molar-refractivity contribution in [3.05, 3.63) is 76.7 Å². The SMILES string of the molecule is Cc1ccccc1CC(C)NC(=O)c1cc2ccc(F)cc2nc1C. The van der Waals surface area contributed by atoms with Crippen LogP contribution in [0.2, 0.25) is 0 Å². The molecule has 0 saturated heterocycles. The Balaban J connectivity index is 1.78. The lowest BCUT2D eigenvalue weighted by Crippen LogP contribution is -2.34. The molecule has 1 amide bonds. The number of pyridine rings is 1. The second-order valence-electron chi connectivity index (χ2n) is 6.46. The van der Waals surface area contributed by atoms with Gasteiger partial charge < -0.3 is 5.32 Å². The van der Waals surface area contributed by atoms with Gasteiger partial charge in [0.1, 0.15) is 5.82 Å². The standard InChI is InChI=1S/C21H21FN2O/c1-13-6-4-5-7-16(13)10-14(2)23-21(25)19-11-17-8-9-18(22)12-20(17)24-15(19)3/h4-9,11-12,14H,10H2,1-3H3,(H,23,25). The van der Waals surface area contributed by atoms with Gasteiger partial charge >= 0.3 is 0 Å². The fraction of sp³-hybridized carbons (Fsp3) is 0.238. The summed E-state index contributed by atoms with van der Waals surface area (Å²) in [6.07, 6.45) is 0.768. The molecule has 0 aliphatic rings. The molecule has 1 atom stereocenters. The second-order valence-corrected chi connectivity index (χ2v) is 6.46. The molecule has 0 aliphatic heterocycles. The third-order valence-electron chi connectivity index (χ3n) is 4.38. The topological polar surface area (TPSA) is 42.0 Å². The number of halogens is 1. The van der Waals surface area contributed by atoms with Gasteiger partial charge in [-0.3, -0.25) is 9.78 Å². The first-order chi connectivity index (χ1) is 11.9. The molecule has 0 aliphatic carbocycles. The van der Waals surface area contributed by atoms with Crippen molar-refractivity contribution >= 4 is 16.8 Å². The Morgan fingerprint density at radius 3 is 2.68 bits per heavy atom. The van der Waals surface area contributed by atoms with Gasteiger partial charge in [0.2, 0.25) is 0 Å². The molecule has 25 heavy (non-hydrogen) atoms. The Morgan fingerprint density at radius 2 is 1.92 bits per heavy atom. The molecular weight excluding hydrogens is 315 g/mol. The van der Waals surface area contributed by atoms with Crippen LogP contribution in [0.5, 0.6) is 0 Å². The number of aromatic nitrogens is 1. The van der Waals surface area contributed by atoms with Crippen molar-refractivity contribution < 1.29 is 9.18 Å². The van der Waals surface area contributed by atoms with E-state index in [1.54, 1.807) is 19.1 Å². The molecule has 0 fully saturated rings. The van der Waals surface area contributed by atoms with Gasteiger partial charge in [-0.1, -0.05) is 24.3 Å². The van der Waals surface area contributed by atoms with Crippen LogP contribution in [-0.2, 0) is 6.42 Å². The molecule has 0 saturated carbocycles. The summed E-state index contributed by atoms with van der Waals surface area (Å²) in [5.41, 5.74) is 4.12. The Kier molecular flexibility index (Phi) is 4.79. The molecule has 1 aromatic heterocycles. The highest BCUT2D eigenvalue weighted by molar-refractivity contribution is 5.98.